The number of nitrogens with one attached hydrogen (secondary N) is 2. The van der Waals surface area contributed by atoms with Crippen molar-refractivity contribution in [2.75, 3.05) is 12.4 Å². The summed E-state index contributed by atoms with van der Waals surface area (Å²) < 4.78 is 5.13. The molecule has 1 aliphatic rings. The van der Waals surface area contributed by atoms with Gasteiger partial charge in [0.05, 0.1) is 13.2 Å². The number of nitrogens with two attached hydrogens (primary N) is 1. The first-order valence-corrected chi connectivity index (χ1v) is 5.27. The van der Waals surface area contributed by atoms with Crippen LogP contribution >= 0.6 is 0 Å². The Morgan fingerprint density at radius 1 is 1.50 bits per heavy atom. The van der Waals surface area contributed by atoms with E-state index >= 15 is 0 Å². The fourth-order valence-electron chi connectivity index (χ4n) is 1.33. The molecule has 0 saturated heterocycles. The third-order valence-corrected chi connectivity index (χ3v) is 2.33. The van der Waals surface area contributed by atoms with Crippen molar-refractivity contribution < 1.29 is 4.74 Å². The first-order chi connectivity index (χ1) is 7.81. The van der Waals surface area contributed by atoms with E-state index in [1.807, 2.05) is 24.3 Å². The van der Waals surface area contributed by atoms with Crippen LogP contribution in [0.25, 0.3) is 0 Å². The van der Waals surface area contributed by atoms with Gasteiger partial charge in [0.2, 0.25) is 5.96 Å². The van der Waals surface area contributed by atoms with Crippen molar-refractivity contribution in [3.05, 3.63) is 24.3 Å². The van der Waals surface area contributed by atoms with Gasteiger partial charge in [-0.3, -0.25) is 5.43 Å². The standard InChI is InChI=1S/C11H16N4O/c1-16-10-4-2-3-9(7-10)14-11(15-12)13-8-5-6-8/h2-4,7-8H,5-6,12H2,1H3,(H2,13,14,15). The molecule has 1 fully saturated rings. The fraction of sp³-hybridized carbons (Fsp3) is 0.364. The smallest absolute Gasteiger partial charge is 0.210 e. The average molecular weight is 220 g/mol. The van der Waals surface area contributed by atoms with Crippen LogP contribution in [0, 0.1) is 0 Å². The molecule has 2 rings (SSSR count). The van der Waals surface area contributed by atoms with Crippen LogP contribution in [0.3, 0.4) is 0 Å². The van der Waals surface area contributed by atoms with E-state index in [0.717, 1.165) is 24.3 Å². The number of benzene rings is 1. The molecule has 0 aliphatic heterocycles. The van der Waals surface area contributed by atoms with E-state index in [4.69, 9.17) is 10.6 Å². The monoisotopic (exact) mass is 220 g/mol. The highest BCUT2D eigenvalue weighted by molar-refractivity contribution is 5.93. The van der Waals surface area contributed by atoms with Crippen LogP contribution in [0.15, 0.2) is 29.3 Å². The van der Waals surface area contributed by atoms with E-state index in [9.17, 15) is 0 Å². The molecule has 0 spiro atoms. The molecule has 0 bridgehead atoms. The van der Waals surface area contributed by atoms with Crippen LogP contribution in [0.5, 0.6) is 5.75 Å². The topological polar surface area (TPSA) is 71.7 Å². The molecule has 1 aromatic rings. The molecule has 0 heterocycles. The summed E-state index contributed by atoms with van der Waals surface area (Å²) in [5, 5.41) is 3.11. The maximum absolute atomic E-state index is 5.39. The number of anilines is 1. The van der Waals surface area contributed by atoms with Crippen LogP contribution in [0.2, 0.25) is 0 Å². The second-order valence-electron chi connectivity index (χ2n) is 3.71. The molecular formula is C11H16N4O. The Labute approximate surface area is 94.7 Å². The second-order valence-corrected chi connectivity index (χ2v) is 3.71. The fourth-order valence-corrected chi connectivity index (χ4v) is 1.33. The van der Waals surface area contributed by atoms with E-state index in [1.54, 1.807) is 7.11 Å². The zero-order valence-corrected chi connectivity index (χ0v) is 9.23. The molecule has 86 valence electrons. The Hall–Kier alpha value is -1.75. The molecule has 16 heavy (non-hydrogen) atoms. The van der Waals surface area contributed by atoms with Crippen LogP contribution in [0.1, 0.15) is 12.8 Å². The highest BCUT2D eigenvalue weighted by atomic mass is 16.5. The number of ether oxygens (including phenoxy) is 1. The van der Waals surface area contributed by atoms with Crippen molar-refractivity contribution in [1.82, 2.24) is 5.43 Å². The van der Waals surface area contributed by atoms with E-state index < -0.39 is 0 Å². The van der Waals surface area contributed by atoms with Crippen molar-refractivity contribution in [2.24, 2.45) is 10.8 Å². The minimum Gasteiger partial charge on any atom is -0.497 e. The Morgan fingerprint density at radius 3 is 2.94 bits per heavy atom. The van der Waals surface area contributed by atoms with E-state index in [-0.39, 0.29) is 0 Å². The molecule has 1 aliphatic carbocycles. The van der Waals surface area contributed by atoms with Gasteiger partial charge in [0.15, 0.2) is 0 Å². The van der Waals surface area contributed by atoms with E-state index in [2.05, 4.69) is 15.7 Å². The summed E-state index contributed by atoms with van der Waals surface area (Å²) in [4.78, 5) is 4.39. The number of rotatable bonds is 3. The lowest BCUT2D eigenvalue weighted by Crippen LogP contribution is -2.36. The predicted octanol–water partition coefficient (Wildman–Crippen LogP) is 1.09. The maximum Gasteiger partial charge on any atom is 0.210 e. The maximum atomic E-state index is 5.39. The Kier molecular flexibility index (Phi) is 3.26. The number of hydrogen-bond acceptors (Lipinski definition) is 3. The van der Waals surface area contributed by atoms with Gasteiger partial charge in [0, 0.05) is 11.8 Å². The quantitative estimate of drug-likeness (QED) is 0.308. The average Bonchev–Trinajstić information content (AvgIpc) is 3.12. The van der Waals surface area contributed by atoms with E-state index in [1.165, 1.54) is 0 Å². The normalized spacial score (nSPS) is 15.8. The van der Waals surface area contributed by atoms with Crippen LogP contribution < -0.4 is 21.3 Å². The van der Waals surface area contributed by atoms with Crippen LogP contribution in [-0.2, 0) is 0 Å². The van der Waals surface area contributed by atoms with Gasteiger partial charge < -0.3 is 10.1 Å². The molecule has 1 saturated carbocycles. The van der Waals surface area contributed by atoms with Gasteiger partial charge in [0.25, 0.3) is 0 Å². The molecule has 0 amide bonds. The lowest BCUT2D eigenvalue weighted by molar-refractivity contribution is 0.415. The van der Waals surface area contributed by atoms with Crippen molar-refractivity contribution in [1.29, 1.82) is 0 Å². The second kappa shape index (κ2) is 4.85. The minimum absolute atomic E-state index is 0.421. The summed E-state index contributed by atoms with van der Waals surface area (Å²) in [6, 6.07) is 8.04. The molecule has 5 heteroatoms. The third-order valence-electron chi connectivity index (χ3n) is 2.33. The Balaban J connectivity index is 2.05. The summed E-state index contributed by atoms with van der Waals surface area (Å²) in [6.07, 6.45) is 2.29. The number of hydrogen-bond donors (Lipinski definition) is 3. The summed E-state index contributed by atoms with van der Waals surface area (Å²) in [7, 11) is 1.64. The highest BCUT2D eigenvalue weighted by Crippen LogP contribution is 2.23. The Bertz CT molecular complexity index is 387. The minimum atomic E-state index is 0.421. The summed E-state index contributed by atoms with van der Waals surface area (Å²) in [5.74, 6) is 6.78. The number of guanidine groups is 1. The first kappa shape index (κ1) is 10.8. The number of methoxy groups -OCH3 is 1. The van der Waals surface area contributed by atoms with Crippen molar-refractivity contribution >= 4 is 11.6 Å². The molecular weight excluding hydrogens is 204 g/mol. The molecule has 0 unspecified atom stereocenters. The van der Waals surface area contributed by atoms with Gasteiger partial charge in [0.1, 0.15) is 5.75 Å². The molecule has 4 N–H and O–H groups in total. The van der Waals surface area contributed by atoms with Crippen molar-refractivity contribution in [3.8, 4) is 5.75 Å². The molecule has 1 aromatic carbocycles. The highest BCUT2D eigenvalue weighted by Gasteiger charge is 2.20. The summed E-state index contributed by atoms with van der Waals surface area (Å²) >= 11 is 0. The van der Waals surface area contributed by atoms with Gasteiger partial charge in [-0.05, 0) is 25.0 Å². The zero-order valence-electron chi connectivity index (χ0n) is 9.23. The van der Waals surface area contributed by atoms with Gasteiger partial charge in [-0.1, -0.05) is 6.07 Å². The third kappa shape index (κ3) is 2.87. The molecule has 5 nitrogen and oxygen atoms in total. The van der Waals surface area contributed by atoms with Gasteiger partial charge in [-0.2, -0.15) is 0 Å². The van der Waals surface area contributed by atoms with E-state index in [0.29, 0.717) is 12.0 Å². The largest absolute Gasteiger partial charge is 0.497 e. The zero-order chi connectivity index (χ0) is 11.4. The van der Waals surface area contributed by atoms with Crippen molar-refractivity contribution in [2.45, 2.75) is 18.9 Å². The molecule has 0 atom stereocenters. The number of aliphatic imine (C=N–C) groups is 1. The van der Waals surface area contributed by atoms with Crippen LogP contribution in [0.4, 0.5) is 5.69 Å². The van der Waals surface area contributed by atoms with Gasteiger partial charge in [-0.25, -0.2) is 10.8 Å². The van der Waals surface area contributed by atoms with Crippen LogP contribution in [-0.4, -0.2) is 19.1 Å². The lowest BCUT2D eigenvalue weighted by Gasteiger charge is -2.09. The number of nitrogens with zero attached hydrogens (tertiary/aromatic N) is 1. The van der Waals surface area contributed by atoms with Gasteiger partial charge >= 0.3 is 0 Å². The first-order valence-electron chi connectivity index (χ1n) is 5.27. The summed E-state index contributed by atoms with van der Waals surface area (Å²) in [5.41, 5.74) is 3.46. The molecule has 0 radical (unpaired) electrons. The Morgan fingerprint density at radius 2 is 2.31 bits per heavy atom. The van der Waals surface area contributed by atoms with Crippen molar-refractivity contribution in [3.63, 3.8) is 0 Å². The summed E-state index contributed by atoms with van der Waals surface area (Å²) in [6.45, 7) is 0. The van der Waals surface area contributed by atoms with Gasteiger partial charge in [-0.15, -0.1) is 0 Å². The lowest BCUT2D eigenvalue weighted by atomic mass is 10.3. The SMILES string of the molecule is COc1cccc(NC(=NC2CC2)NN)c1. The predicted molar refractivity (Wildman–Crippen MR) is 64.4 cm³/mol. The number of hydrazine groups is 1. The molecule has 0 aromatic heterocycles.